The summed E-state index contributed by atoms with van der Waals surface area (Å²) in [6, 6.07) is 18.7. The van der Waals surface area contributed by atoms with Crippen LogP contribution in [0.2, 0.25) is 0 Å². The van der Waals surface area contributed by atoms with Crippen molar-refractivity contribution in [3.05, 3.63) is 90.0 Å². The summed E-state index contributed by atoms with van der Waals surface area (Å²) in [5, 5.41) is 13.1. The number of esters is 1. The minimum atomic E-state index is -4.65. The van der Waals surface area contributed by atoms with E-state index in [1.54, 1.807) is 36.4 Å². The van der Waals surface area contributed by atoms with Crippen LogP contribution in [-0.4, -0.2) is 51.8 Å². The standard InChI is InChI=1S/C20H14O7S.C4H9NO/c21-17-12-11-16(26-19(22)14-7-3-1-4-8-14)13-18(17)28(24,25)27-20(23)15-9-5-2-6-10-15;1-3-6-4-2-5-1/h1-13,21H;5H,1-4H2. The van der Waals surface area contributed by atoms with Crippen LogP contribution >= 0.6 is 0 Å². The second-order valence-electron chi connectivity index (χ2n) is 6.94. The first-order valence-electron chi connectivity index (χ1n) is 10.3. The first-order valence-corrected chi connectivity index (χ1v) is 11.7. The number of benzene rings is 3. The van der Waals surface area contributed by atoms with Crippen molar-refractivity contribution < 1.29 is 36.8 Å². The van der Waals surface area contributed by atoms with Gasteiger partial charge in [-0.2, -0.15) is 8.42 Å². The van der Waals surface area contributed by atoms with Gasteiger partial charge >= 0.3 is 22.1 Å². The second kappa shape index (κ2) is 11.9. The molecular weight excluding hydrogens is 462 g/mol. The Kier molecular flexibility index (Phi) is 8.74. The third-order valence-corrected chi connectivity index (χ3v) is 5.70. The Morgan fingerprint density at radius 1 is 0.824 bits per heavy atom. The van der Waals surface area contributed by atoms with E-state index in [1.165, 1.54) is 30.3 Å². The van der Waals surface area contributed by atoms with Crippen molar-refractivity contribution in [2.45, 2.75) is 4.90 Å². The van der Waals surface area contributed by atoms with Crippen LogP contribution in [0.5, 0.6) is 11.5 Å². The molecule has 1 saturated heterocycles. The number of phenols is 1. The Morgan fingerprint density at radius 3 is 1.88 bits per heavy atom. The van der Waals surface area contributed by atoms with Gasteiger partial charge in [-0.05, 0) is 36.4 Å². The highest BCUT2D eigenvalue weighted by Crippen LogP contribution is 2.29. The van der Waals surface area contributed by atoms with E-state index in [4.69, 9.17) is 9.47 Å². The first-order chi connectivity index (χ1) is 16.4. The third kappa shape index (κ3) is 7.14. The Labute approximate surface area is 197 Å². The molecular formula is C24H23NO8S. The molecule has 0 amide bonds. The molecule has 0 spiro atoms. The Bertz CT molecular complexity index is 1200. The molecule has 34 heavy (non-hydrogen) atoms. The maximum atomic E-state index is 12.4. The normalized spacial score (nSPS) is 13.2. The van der Waals surface area contributed by atoms with E-state index >= 15 is 0 Å². The van der Waals surface area contributed by atoms with Gasteiger partial charge in [0.15, 0.2) is 4.90 Å². The molecule has 1 aliphatic rings. The van der Waals surface area contributed by atoms with Gasteiger partial charge in [-0.15, -0.1) is 0 Å². The minimum absolute atomic E-state index is 0.0252. The van der Waals surface area contributed by atoms with Crippen molar-refractivity contribution in [1.29, 1.82) is 0 Å². The highest BCUT2D eigenvalue weighted by Gasteiger charge is 2.26. The maximum Gasteiger partial charge on any atom is 0.354 e. The van der Waals surface area contributed by atoms with Crippen molar-refractivity contribution in [2.24, 2.45) is 0 Å². The lowest BCUT2D eigenvalue weighted by molar-refractivity contribution is 0.0725. The monoisotopic (exact) mass is 485 g/mol. The fourth-order valence-electron chi connectivity index (χ4n) is 2.78. The average molecular weight is 486 g/mol. The van der Waals surface area contributed by atoms with Gasteiger partial charge in [0.05, 0.1) is 24.3 Å². The van der Waals surface area contributed by atoms with Crippen LogP contribution < -0.4 is 10.1 Å². The molecule has 0 bridgehead atoms. The van der Waals surface area contributed by atoms with Gasteiger partial charge in [-0.3, -0.25) is 0 Å². The summed E-state index contributed by atoms with van der Waals surface area (Å²) < 4.78 is 39.5. The summed E-state index contributed by atoms with van der Waals surface area (Å²) in [5.74, 6) is -2.61. The highest BCUT2D eigenvalue weighted by atomic mass is 32.2. The summed E-state index contributed by atoms with van der Waals surface area (Å²) in [6.07, 6.45) is 0. The molecule has 0 unspecified atom stereocenters. The summed E-state index contributed by atoms with van der Waals surface area (Å²) in [5.41, 5.74) is 0.285. The third-order valence-electron chi connectivity index (χ3n) is 4.46. The van der Waals surface area contributed by atoms with Crippen LogP contribution in [0, 0.1) is 0 Å². The van der Waals surface area contributed by atoms with Crippen LogP contribution in [0.15, 0.2) is 83.8 Å². The van der Waals surface area contributed by atoms with Crippen LogP contribution in [0.1, 0.15) is 20.7 Å². The molecule has 4 rings (SSSR count). The number of carbonyl (C=O) groups excluding carboxylic acids is 2. The number of aromatic hydroxyl groups is 1. The summed E-state index contributed by atoms with van der Waals surface area (Å²) in [4.78, 5) is 23.4. The van der Waals surface area contributed by atoms with Gasteiger partial charge in [0, 0.05) is 19.2 Å². The van der Waals surface area contributed by atoms with Gasteiger partial charge in [0.25, 0.3) is 0 Å². The van der Waals surface area contributed by atoms with Gasteiger partial charge in [-0.25, -0.2) is 9.59 Å². The maximum absolute atomic E-state index is 12.4. The molecule has 0 atom stereocenters. The van der Waals surface area contributed by atoms with Crippen molar-refractivity contribution >= 4 is 22.1 Å². The van der Waals surface area contributed by atoms with Crippen LogP contribution in [0.25, 0.3) is 0 Å². The quantitative estimate of drug-likeness (QED) is 0.318. The number of phenolic OH excluding ortho intramolecular Hbond substituents is 1. The second-order valence-corrected chi connectivity index (χ2v) is 8.45. The predicted molar refractivity (Wildman–Crippen MR) is 122 cm³/mol. The van der Waals surface area contributed by atoms with E-state index < -0.39 is 32.7 Å². The van der Waals surface area contributed by atoms with Crippen LogP contribution in [-0.2, 0) is 19.0 Å². The molecule has 0 radical (unpaired) electrons. The Morgan fingerprint density at radius 2 is 1.38 bits per heavy atom. The summed E-state index contributed by atoms with van der Waals surface area (Å²) >= 11 is 0. The van der Waals surface area contributed by atoms with E-state index in [1.807, 2.05) is 0 Å². The molecule has 9 nitrogen and oxygen atoms in total. The number of hydrogen-bond donors (Lipinski definition) is 2. The summed E-state index contributed by atoms with van der Waals surface area (Å²) in [6.45, 7) is 3.83. The van der Waals surface area contributed by atoms with Gasteiger partial charge in [-0.1, -0.05) is 36.4 Å². The van der Waals surface area contributed by atoms with E-state index in [2.05, 4.69) is 9.50 Å². The average Bonchev–Trinajstić information content (AvgIpc) is 2.87. The number of rotatable bonds is 5. The van der Waals surface area contributed by atoms with Gasteiger partial charge in [0.2, 0.25) is 0 Å². The number of ether oxygens (including phenoxy) is 2. The number of hydrogen-bond acceptors (Lipinski definition) is 9. The molecule has 1 fully saturated rings. The van der Waals surface area contributed by atoms with Crippen molar-refractivity contribution in [3.63, 3.8) is 0 Å². The fraction of sp³-hybridized carbons (Fsp3) is 0.167. The Balaban J connectivity index is 0.000000469. The number of carbonyl (C=O) groups is 2. The van der Waals surface area contributed by atoms with Crippen LogP contribution in [0.3, 0.4) is 0 Å². The molecule has 2 N–H and O–H groups in total. The lowest BCUT2D eigenvalue weighted by Gasteiger charge is -2.10. The van der Waals surface area contributed by atoms with Gasteiger partial charge < -0.3 is 24.1 Å². The zero-order chi connectivity index (χ0) is 24.4. The lowest BCUT2D eigenvalue weighted by Crippen LogP contribution is -2.30. The van der Waals surface area contributed by atoms with E-state index in [0.29, 0.717) is 0 Å². The number of morpholine rings is 1. The molecule has 1 aliphatic heterocycles. The van der Waals surface area contributed by atoms with E-state index in [9.17, 15) is 23.1 Å². The fourth-order valence-corrected chi connectivity index (χ4v) is 3.75. The minimum Gasteiger partial charge on any atom is -0.506 e. The van der Waals surface area contributed by atoms with E-state index in [0.717, 1.165) is 38.4 Å². The largest absolute Gasteiger partial charge is 0.506 e. The van der Waals surface area contributed by atoms with Crippen LogP contribution in [0.4, 0.5) is 0 Å². The highest BCUT2D eigenvalue weighted by molar-refractivity contribution is 7.87. The molecule has 178 valence electrons. The van der Waals surface area contributed by atoms with Crippen molar-refractivity contribution in [2.75, 3.05) is 26.3 Å². The summed E-state index contributed by atoms with van der Waals surface area (Å²) in [7, 11) is -4.65. The molecule has 0 saturated carbocycles. The van der Waals surface area contributed by atoms with E-state index in [-0.39, 0.29) is 16.9 Å². The topological polar surface area (TPSA) is 128 Å². The molecule has 0 aromatic heterocycles. The smallest absolute Gasteiger partial charge is 0.354 e. The zero-order valence-electron chi connectivity index (χ0n) is 18.0. The van der Waals surface area contributed by atoms with Crippen molar-refractivity contribution in [3.8, 4) is 11.5 Å². The predicted octanol–water partition coefficient (Wildman–Crippen LogP) is 2.76. The van der Waals surface area contributed by atoms with Gasteiger partial charge in [0.1, 0.15) is 11.5 Å². The molecule has 0 aliphatic carbocycles. The molecule has 1 heterocycles. The zero-order valence-corrected chi connectivity index (χ0v) is 18.9. The van der Waals surface area contributed by atoms with Crippen molar-refractivity contribution in [1.82, 2.24) is 5.32 Å². The Hall–Kier alpha value is -3.73. The SMILES string of the molecule is C1COCCN1.O=C(Oc1ccc(O)c(S(=O)(=O)OC(=O)c2ccccc2)c1)c1ccccc1. The molecule has 10 heteroatoms. The first kappa shape index (κ1) is 24.9. The lowest BCUT2D eigenvalue weighted by atomic mass is 10.2. The molecule has 3 aromatic rings. The number of nitrogens with one attached hydrogen (secondary N) is 1. The molecule has 3 aromatic carbocycles.